The molecular weight excluding hydrogens is 276 g/mol. The molecule has 0 radical (unpaired) electrons. The van der Waals surface area contributed by atoms with Gasteiger partial charge < -0.3 is 0 Å². The Balaban J connectivity index is 4.22. The van der Waals surface area contributed by atoms with Gasteiger partial charge in [-0.25, -0.2) is 8.42 Å². The molecule has 0 N–H and O–H groups in total. The summed E-state index contributed by atoms with van der Waals surface area (Å²) in [6.45, 7) is 6.21. The zero-order chi connectivity index (χ0) is 11.9. The summed E-state index contributed by atoms with van der Waals surface area (Å²) in [6, 6.07) is 0. The van der Waals surface area contributed by atoms with Gasteiger partial charge in [0.2, 0.25) is 0 Å². The van der Waals surface area contributed by atoms with E-state index in [1.54, 1.807) is 0 Å². The third-order valence-electron chi connectivity index (χ3n) is 2.71. The highest BCUT2D eigenvalue weighted by molar-refractivity contribution is 9.09. The second-order valence-corrected chi connectivity index (χ2v) is 7.46. The first-order chi connectivity index (χ1) is 6.89. The smallest absolute Gasteiger partial charge is 0.150 e. The van der Waals surface area contributed by atoms with Crippen LogP contribution < -0.4 is 0 Å². The highest BCUT2D eigenvalue weighted by Gasteiger charge is 2.24. The summed E-state index contributed by atoms with van der Waals surface area (Å²) in [7, 11) is -2.81. The maximum Gasteiger partial charge on any atom is 0.150 e. The van der Waals surface area contributed by atoms with Crippen molar-refractivity contribution in [1.29, 1.82) is 0 Å². The fourth-order valence-corrected chi connectivity index (χ4v) is 3.87. The van der Waals surface area contributed by atoms with Crippen LogP contribution in [0.4, 0.5) is 0 Å². The molecule has 4 heteroatoms. The Morgan fingerprint density at radius 2 is 1.67 bits per heavy atom. The molecule has 0 rings (SSSR count). The lowest BCUT2D eigenvalue weighted by Crippen LogP contribution is -2.23. The summed E-state index contributed by atoms with van der Waals surface area (Å²) in [5.74, 6) is 0.667. The molecule has 0 heterocycles. The second-order valence-electron chi connectivity index (χ2n) is 4.60. The largest absolute Gasteiger partial charge is 0.229 e. The molecule has 0 aliphatic carbocycles. The van der Waals surface area contributed by atoms with E-state index in [1.165, 1.54) is 0 Å². The molecule has 0 aromatic carbocycles. The van der Waals surface area contributed by atoms with Crippen LogP contribution in [0, 0.1) is 5.41 Å². The number of alkyl halides is 1. The van der Waals surface area contributed by atoms with Crippen LogP contribution >= 0.6 is 15.9 Å². The molecule has 15 heavy (non-hydrogen) atoms. The third-order valence-corrected chi connectivity index (χ3v) is 5.92. The van der Waals surface area contributed by atoms with Crippen molar-refractivity contribution in [1.82, 2.24) is 0 Å². The van der Waals surface area contributed by atoms with Gasteiger partial charge in [0.25, 0.3) is 0 Å². The molecule has 0 spiro atoms. The number of sulfone groups is 1. The number of rotatable bonds is 8. The van der Waals surface area contributed by atoms with Crippen LogP contribution in [-0.4, -0.2) is 25.3 Å². The van der Waals surface area contributed by atoms with Gasteiger partial charge in [0.1, 0.15) is 9.84 Å². The molecule has 92 valence electrons. The van der Waals surface area contributed by atoms with Crippen LogP contribution in [0.2, 0.25) is 0 Å². The molecule has 0 amide bonds. The average molecular weight is 299 g/mol. The fraction of sp³-hybridized carbons (Fsp3) is 1.00. The van der Waals surface area contributed by atoms with Crippen molar-refractivity contribution in [3.8, 4) is 0 Å². The van der Waals surface area contributed by atoms with E-state index in [-0.39, 0.29) is 5.41 Å². The molecule has 0 saturated carbocycles. The van der Waals surface area contributed by atoms with Crippen molar-refractivity contribution in [2.75, 3.05) is 16.8 Å². The Kier molecular flexibility index (Phi) is 7.09. The first kappa shape index (κ1) is 15.4. The molecule has 0 aromatic heterocycles. The zero-order valence-electron chi connectivity index (χ0n) is 10.1. The van der Waals surface area contributed by atoms with Gasteiger partial charge in [-0.2, -0.15) is 0 Å². The van der Waals surface area contributed by atoms with Crippen molar-refractivity contribution in [2.24, 2.45) is 5.41 Å². The van der Waals surface area contributed by atoms with Crippen molar-refractivity contribution < 1.29 is 8.42 Å². The van der Waals surface area contributed by atoms with Crippen LogP contribution in [0.1, 0.15) is 46.5 Å². The molecule has 0 saturated heterocycles. The maximum absolute atomic E-state index is 11.6. The minimum atomic E-state index is -2.81. The van der Waals surface area contributed by atoms with Gasteiger partial charge in [-0.3, -0.25) is 0 Å². The predicted molar refractivity (Wildman–Crippen MR) is 70.4 cm³/mol. The first-order valence-electron chi connectivity index (χ1n) is 5.65. The lowest BCUT2D eigenvalue weighted by Gasteiger charge is -2.26. The lowest BCUT2D eigenvalue weighted by molar-refractivity contribution is 0.330. The molecule has 2 nitrogen and oxygen atoms in total. The Bertz CT molecular complexity index is 262. The van der Waals surface area contributed by atoms with Gasteiger partial charge in [-0.15, -0.1) is 0 Å². The monoisotopic (exact) mass is 298 g/mol. The van der Waals surface area contributed by atoms with E-state index < -0.39 is 9.84 Å². The molecule has 0 aliphatic rings. The molecule has 0 aromatic rings. The van der Waals surface area contributed by atoms with Crippen LogP contribution in [0.15, 0.2) is 0 Å². The standard InChI is InChI=1S/C11H23BrO2S/c1-4-6-11(3,10-12)7-9-15(13,14)8-5-2/h4-10H2,1-3H3. The molecule has 0 bridgehead atoms. The molecule has 0 aliphatic heterocycles. The van der Waals surface area contributed by atoms with Crippen molar-refractivity contribution in [3.63, 3.8) is 0 Å². The molecule has 1 unspecified atom stereocenters. The number of halogens is 1. The molecular formula is C11H23BrO2S. The lowest BCUT2D eigenvalue weighted by atomic mass is 9.85. The second kappa shape index (κ2) is 6.89. The number of hydrogen-bond donors (Lipinski definition) is 0. The van der Waals surface area contributed by atoms with E-state index in [2.05, 4.69) is 29.8 Å². The van der Waals surface area contributed by atoms with E-state index in [1.807, 2.05) is 6.92 Å². The predicted octanol–water partition coefficient (Wildman–Crippen LogP) is 3.40. The van der Waals surface area contributed by atoms with Crippen LogP contribution in [-0.2, 0) is 9.84 Å². The summed E-state index contributed by atoms with van der Waals surface area (Å²) in [6.07, 6.45) is 3.69. The average Bonchev–Trinajstić information content (AvgIpc) is 2.16. The van der Waals surface area contributed by atoms with E-state index in [0.717, 1.165) is 31.0 Å². The van der Waals surface area contributed by atoms with E-state index in [9.17, 15) is 8.42 Å². The Labute approximate surface area is 103 Å². The Hall–Kier alpha value is 0.430. The van der Waals surface area contributed by atoms with Gasteiger partial charge >= 0.3 is 0 Å². The zero-order valence-corrected chi connectivity index (χ0v) is 12.5. The number of hydrogen-bond acceptors (Lipinski definition) is 2. The first-order valence-corrected chi connectivity index (χ1v) is 8.60. The van der Waals surface area contributed by atoms with Gasteiger partial charge in [-0.05, 0) is 24.7 Å². The third kappa shape index (κ3) is 6.56. The summed E-state index contributed by atoms with van der Waals surface area (Å²) < 4.78 is 23.2. The van der Waals surface area contributed by atoms with Gasteiger partial charge in [0.05, 0.1) is 5.75 Å². The summed E-state index contributed by atoms with van der Waals surface area (Å²) in [5.41, 5.74) is 0.134. The van der Waals surface area contributed by atoms with Gasteiger partial charge in [0.15, 0.2) is 0 Å². The summed E-state index contributed by atoms with van der Waals surface area (Å²) in [5, 5.41) is 0.884. The minimum absolute atomic E-state index is 0.134. The molecule has 0 fully saturated rings. The van der Waals surface area contributed by atoms with Crippen LogP contribution in [0.25, 0.3) is 0 Å². The maximum atomic E-state index is 11.6. The van der Waals surface area contributed by atoms with Gasteiger partial charge in [0, 0.05) is 11.1 Å². The summed E-state index contributed by atoms with van der Waals surface area (Å²) >= 11 is 3.48. The SMILES string of the molecule is CCCC(C)(CBr)CCS(=O)(=O)CCC. The summed E-state index contributed by atoms with van der Waals surface area (Å²) in [4.78, 5) is 0. The highest BCUT2D eigenvalue weighted by Crippen LogP contribution is 2.30. The van der Waals surface area contributed by atoms with E-state index >= 15 is 0 Å². The Morgan fingerprint density at radius 1 is 1.07 bits per heavy atom. The normalized spacial score (nSPS) is 16.3. The minimum Gasteiger partial charge on any atom is -0.229 e. The van der Waals surface area contributed by atoms with Gasteiger partial charge in [-0.1, -0.05) is 43.1 Å². The van der Waals surface area contributed by atoms with E-state index in [4.69, 9.17) is 0 Å². The molecule has 1 atom stereocenters. The topological polar surface area (TPSA) is 34.1 Å². The van der Waals surface area contributed by atoms with Crippen molar-refractivity contribution in [3.05, 3.63) is 0 Å². The van der Waals surface area contributed by atoms with Crippen molar-refractivity contribution in [2.45, 2.75) is 46.5 Å². The highest BCUT2D eigenvalue weighted by atomic mass is 79.9. The Morgan fingerprint density at radius 3 is 2.07 bits per heavy atom. The van der Waals surface area contributed by atoms with Crippen LogP contribution in [0.5, 0.6) is 0 Å². The van der Waals surface area contributed by atoms with Crippen LogP contribution in [0.3, 0.4) is 0 Å². The quantitative estimate of drug-likeness (QED) is 0.644. The van der Waals surface area contributed by atoms with E-state index in [0.29, 0.717) is 11.5 Å². The fourth-order valence-electron chi connectivity index (χ4n) is 1.68. The van der Waals surface area contributed by atoms with Crippen molar-refractivity contribution >= 4 is 25.8 Å².